The van der Waals surface area contributed by atoms with Crippen molar-refractivity contribution in [3.05, 3.63) is 29.6 Å². The lowest BCUT2D eigenvalue weighted by Gasteiger charge is -2.12. The highest BCUT2D eigenvalue weighted by atomic mass is 16.1. The summed E-state index contributed by atoms with van der Waals surface area (Å²) in [5.41, 5.74) is 1.60. The Morgan fingerprint density at radius 2 is 2.31 bits per heavy atom. The lowest BCUT2D eigenvalue weighted by atomic mass is 10.1. The summed E-state index contributed by atoms with van der Waals surface area (Å²) in [4.78, 5) is 16.0. The molecule has 1 amide bonds. The van der Waals surface area contributed by atoms with Crippen molar-refractivity contribution in [2.45, 2.75) is 39.2 Å². The standard InChI is InChI=1S/C13H18N2O/c1-9-3-4-12(7-9)15-13(16)11-5-6-14-10(2)8-11/h5-6,8-9,12H,3-4,7H2,1-2H3,(H,15,16). The Bertz CT molecular complexity index is 389. The predicted octanol–water partition coefficient (Wildman–Crippen LogP) is 2.31. The van der Waals surface area contributed by atoms with Gasteiger partial charge in [-0.2, -0.15) is 0 Å². The minimum absolute atomic E-state index is 0.0320. The van der Waals surface area contributed by atoms with Crippen molar-refractivity contribution in [1.82, 2.24) is 10.3 Å². The molecular formula is C13H18N2O. The van der Waals surface area contributed by atoms with E-state index in [4.69, 9.17) is 0 Å². The van der Waals surface area contributed by atoms with Crippen molar-refractivity contribution in [1.29, 1.82) is 0 Å². The third kappa shape index (κ3) is 2.60. The Kier molecular flexibility index (Phi) is 3.22. The predicted molar refractivity (Wildman–Crippen MR) is 63.2 cm³/mol. The Morgan fingerprint density at radius 3 is 2.94 bits per heavy atom. The molecule has 1 saturated carbocycles. The summed E-state index contributed by atoms with van der Waals surface area (Å²) in [6.45, 7) is 4.14. The summed E-state index contributed by atoms with van der Waals surface area (Å²) in [6.07, 6.45) is 5.12. The summed E-state index contributed by atoms with van der Waals surface area (Å²) in [6, 6.07) is 3.95. The van der Waals surface area contributed by atoms with E-state index in [-0.39, 0.29) is 5.91 Å². The van der Waals surface area contributed by atoms with Crippen molar-refractivity contribution < 1.29 is 4.79 Å². The Hall–Kier alpha value is -1.38. The number of hydrogen-bond donors (Lipinski definition) is 1. The van der Waals surface area contributed by atoms with E-state index in [2.05, 4.69) is 17.2 Å². The first-order chi connectivity index (χ1) is 7.65. The topological polar surface area (TPSA) is 42.0 Å². The smallest absolute Gasteiger partial charge is 0.251 e. The first-order valence-electron chi connectivity index (χ1n) is 5.88. The molecule has 1 fully saturated rings. The number of aromatic nitrogens is 1. The zero-order valence-electron chi connectivity index (χ0n) is 9.86. The Morgan fingerprint density at radius 1 is 1.50 bits per heavy atom. The van der Waals surface area contributed by atoms with Gasteiger partial charge in [0.15, 0.2) is 0 Å². The van der Waals surface area contributed by atoms with Gasteiger partial charge in [-0.05, 0) is 44.2 Å². The zero-order chi connectivity index (χ0) is 11.5. The molecule has 1 heterocycles. The van der Waals surface area contributed by atoms with Crippen molar-refractivity contribution >= 4 is 5.91 Å². The molecule has 0 bridgehead atoms. The van der Waals surface area contributed by atoms with Gasteiger partial charge >= 0.3 is 0 Å². The molecule has 0 spiro atoms. The van der Waals surface area contributed by atoms with Gasteiger partial charge in [0.25, 0.3) is 5.91 Å². The fraction of sp³-hybridized carbons (Fsp3) is 0.538. The largest absolute Gasteiger partial charge is 0.349 e. The van der Waals surface area contributed by atoms with Crippen LogP contribution in [0.1, 0.15) is 42.2 Å². The molecule has 0 aromatic carbocycles. The minimum Gasteiger partial charge on any atom is -0.349 e. The zero-order valence-corrected chi connectivity index (χ0v) is 9.86. The Labute approximate surface area is 96.3 Å². The van der Waals surface area contributed by atoms with E-state index in [1.807, 2.05) is 13.0 Å². The van der Waals surface area contributed by atoms with Crippen LogP contribution in [0.4, 0.5) is 0 Å². The molecule has 3 nitrogen and oxygen atoms in total. The molecule has 3 heteroatoms. The van der Waals surface area contributed by atoms with Crippen molar-refractivity contribution in [2.24, 2.45) is 5.92 Å². The van der Waals surface area contributed by atoms with Gasteiger partial charge < -0.3 is 5.32 Å². The molecule has 2 atom stereocenters. The van der Waals surface area contributed by atoms with Crippen LogP contribution in [0, 0.1) is 12.8 Å². The molecule has 16 heavy (non-hydrogen) atoms. The molecule has 1 aromatic rings. The molecule has 1 aliphatic carbocycles. The average Bonchev–Trinajstić information content (AvgIpc) is 2.64. The maximum absolute atomic E-state index is 11.9. The quantitative estimate of drug-likeness (QED) is 0.827. The highest BCUT2D eigenvalue weighted by Gasteiger charge is 2.22. The molecule has 0 aliphatic heterocycles. The molecular weight excluding hydrogens is 200 g/mol. The maximum Gasteiger partial charge on any atom is 0.251 e. The van der Waals surface area contributed by atoms with E-state index in [9.17, 15) is 4.79 Å². The van der Waals surface area contributed by atoms with Gasteiger partial charge in [0.05, 0.1) is 0 Å². The first-order valence-corrected chi connectivity index (χ1v) is 5.88. The molecule has 1 aromatic heterocycles. The fourth-order valence-electron chi connectivity index (χ4n) is 2.29. The minimum atomic E-state index is 0.0320. The number of carbonyl (C=O) groups excluding carboxylic acids is 1. The van der Waals surface area contributed by atoms with E-state index in [1.165, 1.54) is 6.42 Å². The second kappa shape index (κ2) is 4.64. The van der Waals surface area contributed by atoms with Gasteiger partial charge in [-0.1, -0.05) is 6.92 Å². The number of hydrogen-bond acceptors (Lipinski definition) is 2. The number of carbonyl (C=O) groups is 1. The normalized spacial score (nSPS) is 24.4. The van der Waals surface area contributed by atoms with E-state index in [1.54, 1.807) is 12.3 Å². The summed E-state index contributed by atoms with van der Waals surface area (Å²) in [5.74, 6) is 0.772. The van der Waals surface area contributed by atoms with Crippen LogP contribution in [0.5, 0.6) is 0 Å². The summed E-state index contributed by atoms with van der Waals surface area (Å²) in [5, 5.41) is 3.09. The van der Waals surface area contributed by atoms with Crippen LogP contribution < -0.4 is 5.32 Å². The summed E-state index contributed by atoms with van der Waals surface area (Å²) >= 11 is 0. The lowest BCUT2D eigenvalue weighted by molar-refractivity contribution is 0.0937. The first kappa shape index (κ1) is 11.1. The van der Waals surface area contributed by atoms with E-state index in [0.717, 1.165) is 24.5 Å². The number of pyridine rings is 1. The average molecular weight is 218 g/mol. The van der Waals surface area contributed by atoms with E-state index in [0.29, 0.717) is 11.6 Å². The number of nitrogens with one attached hydrogen (secondary N) is 1. The lowest BCUT2D eigenvalue weighted by Crippen LogP contribution is -2.32. The van der Waals surface area contributed by atoms with Crippen LogP contribution in [-0.2, 0) is 0 Å². The van der Waals surface area contributed by atoms with Gasteiger partial charge in [-0.3, -0.25) is 9.78 Å². The van der Waals surface area contributed by atoms with Crippen LogP contribution in [0.15, 0.2) is 18.3 Å². The second-order valence-corrected chi connectivity index (χ2v) is 4.77. The molecule has 2 unspecified atom stereocenters. The van der Waals surface area contributed by atoms with Crippen LogP contribution in [0.2, 0.25) is 0 Å². The Balaban J connectivity index is 1.98. The van der Waals surface area contributed by atoms with Crippen LogP contribution in [0.25, 0.3) is 0 Å². The van der Waals surface area contributed by atoms with Crippen LogP contribution >= 0.6 is 0 Å². The van der Waals surface area contributed by atoms with Gasteiger partial charge in [-0.15, -0.1) is 0 Å². The molecule has 2 rings (SSSR count). The molecule has 0 saturated heterocycles. The van der Waals surface area contributed by atoms with Crippen LogP contribution in [-0.4, -0.2) is 16.9 Å². The maximum atomic E-state index is 11.9. The van der Waals surface area contributed by atoms with Gasteiger partial charge in [0, 0.05) is 23.5 Å². The third-order valence-corrected chi connectivity index (χ3v) is 3.19. The van der Waals surface area contributed by atoms with E-state index < -0.39 is 0 Å². The molecule has 1 aliphatic rings. The highest BCUT2D eigenvalue weighted by molar-refractivity contribution is 5.94. The molecule has 1 N–H and O–H groups in total. The van der Waals surface area contributed by atoms with E-state index >= 15 is 0 Å². The van der Waals surface area contributed by atoms with Crippen molar-refractivity contribution in [3.63, 3.8) is 0 Å². The number of rotatable bonds is 2. The second-order valence-electron chi connectivity index (χ2n) is 4.77. The summed E-state index contributed by atoms with van der Waals surface area (Å²) in [7, 11) is 0. The summed E-state index contributed by atoms with van der Waals surface area (Å²) < 4.78 is 0. The number of nitrogens with zero attached hydrogens (tertiary/aromatic N) is 1. The van der Waals surface area contributed by atoms with Gasteiger partial charge in [0.1, 0.15) is 0 Å². The van der Waals surface area contributed by atoms with Crippen molar-refractivity contribution in [3.8, 4) is 0 Å². The van der Waals surface area contributed by atoms with Crippen molar-refractivity contribution in [2.75, 3.05) is 0 Å². The highest BCUT2D eigenvalue weighted by Crippen LogP contribution is 2.24. The van der Waals surface area contributed by atoms with Gasteiger partial charge in [0.2, 0.25) is 0 Å². The molecule has 86 valence electrons. The number of amides is 1. The SMILES string of the molecule is Cc1cc(C(=O)NC2CCC(C)C2)ccn1. The third-order valence-electron chi connectivity index (χ3n) is 3.19. The van der Waals surface area contributed by atoms with Gasteiger partial charge in [-0.25, -0.2) is 0 Å². The number of aryl methyl sites for hydroxylation is 1. The van der Waals surface area contributed by atoms with Crippen LogP contribution in [0.3, 0.4) is 0 Å². The fourth-order valence-corrected chi connectivity index (χ4v) is 2.29. The monoisotopic (exact) mass is 218 g/mol. The molecule has 0 radical (unpaired) electrons.